The Morgan fingerprint density at radius 1 is 0.567 bits per heavy atom. The van der Waals surface area contributed by atoms with Crippen molar-refractivity contribution in [1.82, 2.24) is 15.0 Å². The van der Waals surface area contributed by atoms with E-state index in [9.17, 15) is 0 Å². The number of aryl methyl sites for hydroxylation is 1. The van der Waals surface area contributed by atoms with Crippen LogP contribution in [0.2, 0.25) is 10.0 Å². The maximum absolute atomic E-state index is 9.13. The number of benzene rings is 4. The smallest absolute Gasteiger partial charge is 0.127 e. The molecule has 3 aliphatic carbocycles. The summed E-state index contributed by atoms with van der Waals surface area (Å²) in [5.41, 5.74) is 16.0. The molecule has 10 rings (SSSR count). The van der Waals surface area contributed by atoms with Crippen LogP contribution in [-0.4, -0.2) is 33.3 Å². The van der Waals surface area contributed by atoms with E-state index in [1.54, 1.807) is 18.6 Å². The number of hydrogen-bond acceptors (Lipinski definition) is 8. The molecular formula is C57H57Cl2N5O3. The Morgan fingerprint density at radius 3 is 1.48 bits per heavy atom. The van der Waals surface area contributed by atoms with E-state index >= 15 is 0 Å². The number of nitriles is 1. The molecule has 0 saturated heterocycles. The minimum atomic E-state index is -0.434. The number of aromatic nitrogens is 3. The lowest BCUT2D eigenvalue weighted by molar-refractivity contribution is 0.304. The molecule has 0 atom stereocenters. The first-order chi connectivity index (χ1) is 32.4. The van der Waals surface area contributed by atoms with E-state index < -0.39 is 5.54 Å². The zero-order valence-electron chi connectivity index (χ0n) is 38.6. The summed E-state index contributed by atoms with van der Waals surface area (Å²) in [7, 11) is 0. The summed E-state index contributed by atoms with van der Waals surface area (Å²) in [6, 6.07) is 38.1. The van der Waals surface area contributed by atoms with Crippen molar-refractivity contribution in [2.24, 2.45) is 5.73 Å². The molecule has 67 heavy (non-hydrogen) atoms. The predicted octanol–water partition coefficient (Wildman–Crippen LogP) is 14.2. The zero-order chi connectivity index (χ0) is 47.0. The maximum atomic E-state index is 9.13. The van der Waals surface area contributed by atoms with Gasteiger partial charge in [0.15, 0.2) is 0 Å². The second-order valence-electron chi connectivity index (χ2n) is 18.7. The van der Waals surface area contributed by atoms with Crippen molar-refractivity contribution in [1.29, 1.82) is 5.26 Å². The maximum Gasteiger partial charge on any atom is 0.127 e. The molecule has 342 valence electrons. The van der Waals surface area contributed by atoms with Gasteiger partial charge in [0.1, 0.15) is 23.3 Å². The molecule has 0 radical (unpaired) electrons. The van der Waals surface area contributed by atoms with Gasteiger partial charge in [-0.1, -0.05) is 91.6 Å². The van der Waals surface area contributed by atoms with Crippen LogP contribution in [-0.2, 0) is 17.4 Å². The monoisotopic (exact) mass is 929 g/mol. The number of hydrogen-bond donors (Lipinski definition) is 1. The van der Waals surface area contributed by atoms with Gasteiger partial charge in [-0.05, 0) is 153 Å². The fourth-order valence-corrected chi connectivity index (χ4v) is 8.23. The third-order valence-electron chi connectivity index (χ3n) is 12.0. The Balaban J connectivity index is 0.000000141. The highest BCUT2D eigenvalue weighted by atomic mass is 35.5. The van der Waals surface area contributed by atoms with Gasteiger partial charge in [0, 0.05) is 75.0 Å². The van der Waals surface area contributed by atoms with E-state index in [1.807, 2.05) is 111 Å². The lowest BCUT2D eigenvalue weighted by Crippen LogP contribution is -2.29. The summed E-state index contributed by atoms with van der Waals surface area (Å²) >= 11 is 12.6. The van der Waals surface area contributed by atoms with Gasteiger partial charge < -0.3 is 19.9 Å². The Kier molecular flexibility index (Phi) is 14.9. The first kappa shape index (κ1) is 47.3. The minimum Gasteiger partial charge on any atom is -0.490 e. The summed E-state index contributed by atoms with van der Waals surface area (Å²) < 4.78 is 18.1. The topological polar surface area (TPSA) is 116 Å². The molecule has 3 aliphatic rings. The largest absolute Gasteiger partial charge is 0.490 e. The molecule has 0 aliphatic heterocycles. The molecule has 3 fully saturated rings. The van der Waals surface area contributed by atoms with Crippen molar-refractivity contribution in [3.8, 4) is 56.7 Å². The zero-order valence-corrected chi connectivity index (χ0v) is 40.1. The molecule has 3 heterocycles. The molecule has 10 heteroatoms. The molecule has 0 bridgehead atoms. The Morgan fingerprint density at radius 2 is 1.00 bits per heavy atom. The van der Waals surface area contributed by atoms with Crippen molar-refractivity contribution in [3.63, 3.8) is 0 Å². The van der Waals surface area contributed by atoms with E-state index in [4.69, 9.17) is 48.4 Å². The number of halogens is 2. The summed E-state index contributed by atoms with van der Waals surface area (Å²) in [4.78, 5) is 12.6. The van der Waals surface area contributed by atoms with Crippen molar-refractivity contribution in [3.05, 3.63) is 179 Å². The van der Waals surface area contributed by atoms with E-state index in [0.717, 1.165) is 118 Å². The highest BCUT2D eigenvalue weighted by molar-refractivity contribution is 6.33. The summed E-state index contributed by atoms with van der Waals surface area (Å²) in [5.74, 6) is 2.74. The first-order valence-corrected chi connectivity index (χ1v) is 23.9. The Bertz CT molecular complexity index is 2840. The van der Waals surface area contributed by atoms with Gasteiger partial charge in [-0.2, -0.15) is 5.26 Å². The minimum absolute atomic E-state index is 0.0953. The number of pyridine rings is 3. The molecule has 0 spiro atoms. The van der Waals surface area contributed by atoms with Crippen molar-refractivity contribution in [2.75, 3.05) is 0 Å². The Labute approximate surface area is 405 Å². The number of ether oxygens (including phenoxy) is 3. The fourth-order valence-electron chi connectivity index (χ4n) is 7.82. The van der Waals surface area contributed by atoms with Crippen LogP contribution in [0.15, 0.2) is 146 Å². The molecule has 2 N–H and O–H groups in total. The molecular weight excluding hydrogens is 874 g/mol. The number of para-hydroxylation sites is 3. The average molecular weight is 931 g/mol. The molecule has 3 aromatic heterocycles. The van der Waals surface area contributed by atoms with Crippen molar-refractivity contribution < 1.29 is 14.2 Å². The van der Waals surface area contributed by atoms with Crippen molar-refractivity contribution in [2.45, 2.75) is 108 Å². The normalized spacial score (nSPS) is 14.4. The van der Waals surface area contributed by atoms with E-state index in [0.29, 0.717) is 23.9 Å². The second-order valence-corrected chi connectivity index (χ2v) is 19.5. The number of nitrogens with two attached hydrogens (primary N) is 1. The van der Waals surface area contributed by atoms with E-state index in [1.165, 1.54) is 11.1 Å². The van der Waals surface area contributed by atoms with Crippen LogP contribution in [0.5, 0.6) is 17.2 Å². The van der Waals surface area contributed by atoms with Gasteiger partial charge in [0.25, 0.3) is 0 Å². The van der Waals surface area contributed by atoms with Gasteiger partial charge in [-0.15, -0.1) is 0 Å². The molecule has 3 saturated carbocycles. The van der Waals surface area contributed by atoms with Crippen LogP contribution in [0.1, 0.15) is 94.9 Å². The van der Waals surface area contributed by atoms with Crippen LogP contribution in [0.4, 0.5) is 0 Å². The average Bonchev–Trinajstić information content (AvgIpc) is 4.19. The molecule has 4 aromatic carbocycles. The van der Waals surface area contributed by atoms with Crippen LogP contribution in [0.3, 0.4) is 0 Å². The second kappa shape index (κ2) is 21.2. The van der Waals surface area contributed by atoms with E-state index in [2.05, 4.69) is 65.2 Å². The van der Waals surface area contributed by atoms with E-state index in [-0.39, 0.29) is 5.41 Å². The highest BCUT2D eigenvalue weighted by Gasteiger charge is 2.30. The lowest BCUT2D eigenvalue weighted by atomic mass is 9.77. The summed E-state index contributed by atoms with van der Waals surface area (Å²) in [5, 5.41) is 10.6. The van der Waals surface area contributed by atoms with Crippen LogP contribution in [0, 0.1) is 11.3 Å². The van der Waals surface area contributed by atoms with Gasteiger partial charge in [-0.3, -0.25) is 15.0 Å². The lowest BCUT2D eigenvalue weighted by Gasteiger charge is -2.28. The van der Waals surface area contributed by atoms with Crippen LogP contribution < -0.4 is 19.9 Å². The third kappa shape index (κ3) is 12.6. The van der Waals surface area contributed by atoms with Gasteiger partial charge in [-0.25, -0.2) is 0 Å². The van der Waals surface area contributed by atoms with Crippen LogP contribution in [0.25, 0.3) is 33.4 Å². The Hall–Kier alpha value is -6.24. The number of rotatable bonds is 14. The quantitative estimate of drug-likeness (QED) is 0.115. The third-order valence-corrected chi connectivity index (χ3v) is 12.6. The standard InChI is InChI=1S/C25H25Cl2NO.C17H20N2O.C15H12N2O/c1-25(2,13-11-17-15-18(26)7-10-23(17)27)22-16-28-14-12-20(22)21-5-3-4-6-24(21)29-19-8-9-19;1-17(2,18)15-11-19-10-9-13(15)14-5-3-4-6-16(14)20-12-7-8-12;16-9-11-10-17-8-7-13(11)14-3-1-2-4-15(14)18-12-5-6-12/h3-7,10,12,14-16,19H,8-9,11,13H2,1-2H3;3-6,9-12H,7-8,18H2,1-2H3;1-4,7-8,10,12H,5-6H2. The van der Waals surface area contributed by atoms with Crippen molar-refractivity contribution >= 4 is 23.2 Å². The molecule has 0 amide bonds. The number of nitrogens with zero attached hydrogens (tertiary/aromatic N) is 4. The molecule has 0 unspecified atom stereocenters. The SMILES string of the molecule is CC(C)(CCc1cc(Cl)ccc1Cl)c1cnccc1-c1ccccc1OC1CC1.CC(C)(N)c1cnccc1-c1ccccc1OC1CC1.N#Cc1cnccc1-c1ccccc1OC1CC1. The van der Waals surface area contributed by atoms with Gasteiger partial charge >= 0.3 is 0 Å². The van der Waals surface area contributed by atoms with Crippen LogP contribution >= 0.6 is 23.2 Å². The molecule has 8 nitrogen and oxygen atoms in total. The fraction of sp³-hybridized carbons (Fsp3) is 0.298. The van der Waals surface area contributed by atoms with Gasteiger partial charge in [0.2, 0.25) is 0 Å². The first-order valence-electron chi connectivity index (χ1n) is 23.1. The highest BCUT2D eigenvalue weighted by Crippen LogP contribution is 2.42. The van der Waals surface area contributed by atoms with Gasteiger partial charge in [0.05, 0.1) is 23.9 Å². The summed E-state index contributed by atoms with van der Waals surface area (Å²) in [6.45, 7) is 8.52. The predicted molar refractivity (Wildman–Crippen MR) is 270 cm³/mol. The summed E-state index contributed by atoms with van der Waals surface area (Å²) in [6.07, 6.45) is 20.5. The molecule has 7 aromatic rings.